The summed E-state index contributed by atoms with van der Waals surface area (Å²) < 4.78 is 13.2. The van der Waals surface area contributed by atoms with E-state index in [9.17, 15) is 14.0 Å². The zero-order valence-corrected chi connectivity index (χ0v) is 10.8. The van der Waals surface area contributed by atoms with E-state index in [1.807, 2.05) is 0 Å². The highest BCUT2D eigenvalue weighted by Crippen LogP contribution is 2.28. The second-order valence-electron chi connectivity index (χ2n) is 4.68. The molecule has 108 valence electrons. The van der Waals surface area contributed by atoms with Crippen LogP contribution in [0.5, 0.6) is 0 Å². The van der Waals surface area contributed by atoms with Crippen molar-refractivity contribution < 1.29 is 19.1 Å². The molecule has 20 heavy (non-hydrogen) atoms. The molecule has 1 aromatic carbocycles. The monoisotopic (exact) mass is 281 g/mol. The first kappa shape index (κ1) is 14.1. The molecule has 7 heteroatoms. The second kappa shape index (κ2) is 5.77. The third-order valence-corrected chi connectivity index (χ3v) is 3.09. The molecule has 0 aliphatic heterocycles. The van der Waals surface area contributed by atoms with Crippen LogP contribution in [-0.4, -0.2) is 30.1 Å². The summed E-state index contributed by atoms with van der Waals surface area (Å²) in [6, 6.07) is 2.42. The van der Waals surface area contributed by atoms with Crippen LogP contribution in [0.15, 0.2) is 12.1 Å². The summed E-state index contributed by atoms with van der Waals surface area (Å²) in [5.41, 5.74) is 4.96. The Morgan fingerprint density at radius 1 is 1.35 bits per heavy atom. The molecule has 5 N–H and O–H groups in total. The van der Waals surface area contributed by atoms with Gasteiger partial charge in [-0.2, -0.15) is 0 Å². The van der Waals surface area contributed by atoms with Gasteiger partial charge in [-0.1, -0.05) is 0 Å². The highest BCUT2D eigenvalue weighted by atomic mass is 19.1. The molecule has 1 amide bonds. The SMILES string of the molecule is Nc1c(F)ccc(NCCNC(=O)C2CC2)c1C(=O)O. The lowest BCUT2D eigenvalue weighted by atomic mass is 10.1. The maximum absolute atomic E-state index is 13.2. The number of nitrogens with two attached hydrogens (primary N) is 1. The molecule has 1 aromatic rings. The number of amides is 1. The third-order valence-electron chi connectivity index (χ3n) is 3.09. The Morgan fingerprint density at radius 2 is 2.05 bits per heavy atom. The lowest BCUT2D eigenvalue weighted by molar-refractivity contribution is -0.122. The highest BCUT2D eigenvalue weighted by Gasteiger charge is 2.29. The quantitative estimate of drug-likeness (QED) is 0.461. The smallest absolute Gasteiger partial charge is 0.340 e. The first-order chi connectivity index (χ1) is 9.50. The molecular formula is C13H16FN3O3. The number of aromatic carboxylic acids is 1. The highest BCUT2D eigenvalue weighted by molar-refractivity contribution is 6.00. The van der Waals surface area contributed by atoms with Gasteiger partial charge in [-0.15, -0.1) is 0 Å². The topological polar surface area (TPSA) is 104 Å². The maximum atomic E-state index is 13.2. The van der Waals surface area contributed by atoms with Crippen molar-refractivity contribution in [3.05, 3.63) is 23.5 Å². The van der Waals surface area contributed by atoms with Gasteiger partial charge >= 0.3 is 5.97 Å². The van der Waals surface area contributed by atoms with Gasteiger partial charge in [-0.3, -0.25) is 4.79 Å². The van der Waals surface area contributed by atoms with Gasteiger partial charge in [0.1, 0.15) is 11.4 Å². The van der Waals surface area contributed by atoms with E-state index in [1.54, 1.807) is 0 Å². The van der Waals surface area contributed by atoms with Gasteiger partial charge in [0, 0.05) is 19.0 Å². The van der Waals surface area contributed by atoms with Crippen molar-refractivity contribution in [3.63, 3.8) is 0 Å². The van der Waals surface area contributed by atoms with E-state index >= 15 is 0 Å². The molecule has 0 radical (unpaired) electrons. The normalized spacial score (nSPS) is 13.8. The van der Waals surface area contributed by atoms with E-state index in [4.69, 9.17) is 10.8 Å². The number of rotatable bonds is 6. The molecule has 1 fully saturated rings. The number of nitrogens with one attached hydrogen (secondary N) is 2. The van der Waals surface area contributed by atoms with Crippen LogP contribution >= 0.6 is 0 Å². The predicted octanol–water partition coefficient (Wildman–Crippen LogP) is 1.04. The summed E-state index contributed by atoms with van der Waals surface area (Å²) in [7, 11) is 0. The van der Waals surface area contributed by atoms with Crippen molar-refractivity contribution in [2.24, 2.45) is 5.92 Å². The zero-order chi connectivity index (χ0) is 14.7. The van der Waals surface area contributed by atoms with Crippen LogP contribution in [0.3, 0.4) is 0 Å². The van der Waals surface area contributed by atoms with E-state index in [0.717, 1.165) is 18.9 Å². The van der Waals surface area contributed by atoms with Crippen molar-refractivity contribution >= 4 is 23.3 Å². The van der Waals surface area contributed by atoms with Gasteiger partial charge in [0.05, 0.1) is 11.4 Å². The summed E-state index contributed by atoms with van der Waals surface area (Å²) in [5, 5.41) is 14.6. The Bertz CT molecular complexity index is 544. The summed E-state index contributed by atoms with van der Waals surface area (Å²) in [5.74, 6) is -1.92. The minimum absolute atomic E-state index is 0.0175. The molecule has 2 rings (SSSR count). The van der Waals surface area contributed by atoms with Crippen LogP contribution in [0.4, 0.5) is 15.8 Å². The number of carboxylic acids is 1. The number of nitrogen functional groups attached to an aromatic ring is 1. The van der Waals surface area contributed by atoms with Gasteiger partial charge < -0.3 is 21.5 Å². The molecular weight excluding hydrogens is 265 g/mol. The number of benzene rings is 1. The molecule has 0 saturated heterocycles. The first-order valence-electron chi connectivity index (χ1n) is 6.33. The molecule has 0 atom stereocenters. The van der Waals surface area contributed by atoms with Crippen LogP contribution in [0, 0.1) is 11.7 Å². The molecule has 0 bridgehead atoms. The number of anilines is 2. The fourth-order valence-electron chi connectivity index (χ4n) is 1.84. The lowest BCUT2D eigenvalue weighted by Crippen LogP contribution is -2.30. The van der Waals surface area contributed by atoms with Crippen molar-refractivity contribution in [3.8, 4) is 0 Å². The van der Waals surface area contributed by atoms with Crippen LogP contribution in [0.25, 0.3) is 0 Å². The lowest BCUT2D eigenvalue weighted by Gasteiger charge is -2.12. The van der Waals surface area contributed by atoms with Gasteiger partial charge in [0.15, 0.2) is 0 Å². The minimum Gasteiger partial charge on any atom is -0.478 e. The Kier molecular flexibility index (Phi) is 4.07. The molecule has 1 saturated carbocycles. The Labute approximate surface area is 115 Å². The molecule has 1 aliphatic carbocycles. The first-order valence-corrected chi connectivity index (χ1v) is 6.33. The molecule has 0 unspecified atom stereocenters. The summed E-state index contributed by atoms with van der Waals surface area (Å²) in [6.45, 7) is 0.704. The minimum atomic E-state index is -1.30. The van der Waals surface area contributed by atoms with Gasteiger partial charge in [-0.05, 0) is 25.0 Å². The molecule has 0 heterocycles. The zero-order valence-electron chi connectivity index (χ0n) is 10.8. The van der Waals surface area contributed by atoms with Crippen LogP contribution in [0.1, 0.15) is 23.2 Å². The molecule has 1 aliphatic rings. The maximum Gasteiger partial charge on any atom is 0.340 e. The van der Waals surface area contributed by atoms with E-state index in [1.165, 1.54) is 6.07 Å². The van der Waals surface area contributed by atoms with Crippen molar-refractivity contribution in [2.75, 3.05) is 24.1 Å². The molecule has 0 aromatic heterocycles. The predicted molar refractivity (Wildman–Crippen MR) is 72.0 cm³/mol. The number of hydrogen-bond donors (Lipinski definition) is 4. The fourth-order valence-corrected chi connectivity index (χ4v) is 1.84. The summed E-state index contributed by atoms with van der Waals surface area (Å²) in [4.78, 5) is 22.5. The van der Waals surface area contributed by atoms with Crippen LogP contribution < -0.4 is 16.4 Å². The fraction of sp³-hybridized carbons (Fsp3) is 0.385. The van der Waals surface area contributed by atoms with Crippen molar-refractivity contribution in [2.45, 2.75) is 12.8 Å². The third kappa shape index (κ3) is 3.17. The molecule has 0 spiro atoms. The number of halogens is 1. The van der Waals surface area contributed by atoms with Gasteiger partial charge in [-0.25, -0.2) is 9.18 Å². The Morgan fingerprint density at radius 3 is 2.65 bits per heavy atom. The van der Waals surface area contributed by atoms with E-state index in [2.05, 4.69) is 10.6 Å². The molecule has 6 nitrogen and oxygen atoms in total. The Hall–Kier alpha value is -2.31. The van der Waals surface area contributed by atoms with Crippen molar-refractivity contribution in [1.82, 2.24) is 5.32 Å². The number of carbonyl (C=O) groups excluding carboxylic acids is 1. The van der Waals surface area contributed by atoms with Crippen molar-refractivity contribution in [1.29, 1.82) is 0 Å². The second-order valence-corrected chi connectivity index (χ2v) is 4.68. The average Bonchev–Trinajstić information content (AvgIpc) is 3.22. The number of carbonyl (C=O) groups is 2. The summed E-state index contributed by atoms with van der Waals surface area (Å²) in [6.07, 6.45) is 1.85. The largest absolute Gasteiger partial charge is 0.478 e. The van der Waals surface area contributed by atoms with Crippen LogP contribution in [0.2, 0.25) is 0 Å². The van der Waals surface area contributed by atoms with Gasteiger partial charge in [0.25, 0.3) is 0 Å². The van der Waals surface area contributed by atoms with E-state index in [0.29, 0.717) is 13.1 Å². The standard InChI is InChI=1S/C13H16FN3O3/c14-8-3-4-9(10(11(8)15)13(19)20)16-5-6-17-12(18)7-1-2-7/h3-4,7,16H,1-2,5-6,15H2,(H,17,18)(H,19,20). The Balaban J connectivity index is 1.93. The van der Waals surface area contributed by atoms with Gasteiger partial charge in [0.2, 0.25) is 5.91 Å². The van der Waals surface area contributed by atoms with E-state index < -0.39 is 17.5 Å². The van der Waals surface area contributed by atoms with Crippen LogP contribution in [-0.2, 0) is 4.79 Å². The van der Waals surface area contributed by atoms with E-state index in [-0.39, 0.29) is 23.1 Å². The number of carboxylic acid groups (broad SMARTS) is 1. The number of hydrogen-bond acceptors (Lipinski definition) is 4. The summed E-state index contributed by atoms with van der Waals surface area (Å²) >= 11 is 0. The average molecular weight is 281 g/mol.